The molecule has 8 atom stereocenters. The number of fused-ring (bicyclic) bond motifs is 3. The predicted molar refractivity (Wildman–Crippen MR) is 150 cm³/mol. The lowest BCUT2D eigenvalue weighted by Gasteiger charge is -2.41. The summed E-state index contributed by atoms with van der Waals surface area (Å²) in [6.07, 6.45) is -4.24. The molecular formula is C31H44O12. The average molecular weight is 609 g/mol. The van der Waals surface area contributed by atoms with Crippen LogP contribution < -0.4 is 0 Å². The van der Waals surface area contributed by atoms with Gasteiger partial charge in [0.05, 0.1) is 5.92 Å². The van der Waals surface area contributed by atoms with Crippen molar-refractivity contribution in [2.24, 2.45) is 11.8 Å². The lowest BCUT2D eigenvalue weighted by Crippen LogP contribution is -2.64. The smallest absolute Gasteiger partial charge is 0.341 e. The normalized spacial score (nSPS) is 35.5. The topological polar surface area (TPSA) is 172 Å². The predicted octanol–water partition coefficient (Wildman–Crippen LogP) is 2.61. The number of allylic oxidation sites excluding steroid dienone is 1. The van der Waals surface area contributed by atoms with Gasteiger partial charge in [0, 0.05) is 31.8 Å². The van der Waals surface area contributed by atoms with Gasteiger partial charge in [-0.15, -0.1) is 0 Å². The second-order valence-electron chi connectivity index (χ2n) is 12.5. The molecule has 1 saturated carbocycles. The third-order valence-electron chi connectivity index (χ3n) is 8.60. The second kappa shape index (κ2) is 12.4. The lowest BCUT2D eigenvalue weighted by atomic mass is 9.75. The summed E-state index contributed by atoms with van der Waals surface area (Å²) < 4.78 is 29.0. The van der Waals surface area contributed by atoms with E-state index in [1.54, 1.807) is 33.8 Å². The Bertz CT molecular complexity index is 1230. The van der Waals surface area contributed by atoms with Crippen molar-refractivity contribution in [3.8, 4) is 0 Å². The molecule has 43 heavy (non-hydrogen) atoms. The summed E-state index contributed by atoms with van der Waals surface area (Å²) in [6.45, 7) is 13.9. The molecule has 0 aromatic heterocycles. The van der Waals surface area contributed by atoms with Gasteiger partial charge in [-0.2, -0.15) is 0 Å². The van der Waals surface area contributed by atoms with Crippen LogP contribution in [0.5, 0.6) is 0 Å². The van der Waals surface area contributed by atoms with Crippen LogP contribution in [0.15, 0.2) is 22.8 Å². The van der Waals surface area contributed by atoms with Crippen LogP contribution >= 0.6 is 0 Å². The van der Waals surface area contributed by atoms with Crippen molar-refractivity contribution in [2.75, 3.05) is 0 Å². The fourth-order valence-electron chi connectivity index (χ4n) is 6.35. The largest absolute Gasteiger partial charge is 0.459 e. The Hall–Kier alpha value is -3.25. The van der Waals surface area contributed by atoms with Crippen LogP contribution in [0.4, 0.5) is 0 Å². The number of aliphatic hydroxyl groups is 2. The first kappa shape index (κ1) is 34.2. The highest BCUT2D eigenvalue weighted by Gasteiger charge is 2.76. The van der Waals surface area contributed by atoms with Crippen molar-refractivity contribution >= 4 is 29.8 Å². The van der Waals surface area contributed by atoms with Gasteiger partial charge in [-0.25, -0.2) is 9.59 Å². The Kier molecular flexibility index (Phi) is 9.87. The van der Waals surface area contributed by atoms with Gasteiger partial charge in [-0.3, -0.25) is 14.4 Å². The van der Waals surface area contributed by atoms with Gasteiger partial charge in [0.25, 0.3) is 0 Å². The Morgan fingerprint density at radius 1 is 1.07 bits per heavy atom. The molecule has 1 heterocycles. The molecular weight excluding hydrogens is 564 g/mol. The molecule has 0 spiro atoms. The van der Waals surface area contributed by atoms with E-state index < -0.39 is 83.4 Å². The summed E-state index contributed by atoms with van der Waals surface area (Å²) in [5.41, 5.74) is -6.16. The quantitative estimate of drug-likeness (QED) is 0.170. The van der Waals surface area contributed by atoms with Crippen molar-refractivity contribution in [2.45, 2.75) is 129 Å². The highest BCUT2D eigenvalue weighted by Crippen LogP contribution is 2.57. The summed E-state index contributed by atoms with van der Waals surface area (Å²) in [4.78, 5) is 64.5. The summed E-state index contributed by atoms with van der Waals surface area (Å²) in [5, 5.41) is 23.7. The van der Waals surface area contributed by atoms with Crippen LogP contribution in [0.1, 0.15) is 88.0 Å². The van der Waals surface area contributed by atoms with E-state index in [9.17, 15) is 34.2 Å². The minimum atomic E-state index is -2.58. The molecule has 8 unspecified atom stereocenters. The summed E-state index contributed by atoms with van der Waals surface area (Å²) in [7, 11) is 0. The van der Waals surface area contributed by atoms with Crippen molar-refractivity contribution in [3.63, 3.8) is 0 Å². The first-order valence-corrected chi connectivity index (χ1v) is 14.6. The molecule has 3 rings (SSSR count). The van der Waals surface area contributed by atoms with Crippen LogP contribution in [-0.4, -0.2) is 81.3 Å². The van der Waals surface area contributed by atoms with E-state index in [2.05, 4.69) is 0 Å². The maximum atomic E-state index is 13.1. The van der Waals surface area contributed by atoms with E-state index in [4.69, 9.17) is 23.7 Å². The monoisotopic (exact) mass is 608 g/mol. The molecule has 0 aromatic carbocycles. The molecule has 1 aliphatic heterocycles. The Morgan fingerprint density at radius 2 is 1.70 bits per heavy atom. The van der Waals surface area contributed by atoms with Crippen LogP contribution in [-0.2, 0) is 47.7 Å². The number of carbonyl (C=O) groups is 5. The van der Waals surface area contributed by atoms with E-state index >= 15 is 0 Å². The van der Waals surface area contributed by atoms with E-state index in [1.807, 2.05) is 13.8 Å². The van der Waals surface area contributed by atoms with Crippen molar-refractivity contribution in [1.29, 1.82) is 0 Å². The van der Waals surface area contributed by atoms with Crippen molar-refractivity contribution < 1.29 is 57.9 Å². The highest BCUT2D eigenvalue weighted by atomic mass is 16.6. The molecule has 0 bridgehead atoms. The molecule has 0 radical (unpaired) electrons. The summed E-state index contributed by atoms with van der Waals surface area (Å²) >= 11 is 0. The van der Waals surface area contributed by atoms with Gasteiger partial charge in [-0.1, -0.05) is 26.8 Å². The molecule has 2 aliphatic carbocycles. The van der Waals surface area contributed by atoms with E-state index in [0.29, 0.717) is 6.42 Å². The molecule has 240 valence electrons. The summed E-state index contributed by atoms with van der Waals surface area (Å²) in [6, 6.07) is 0. The van der Waals surface area contributed by atoms with E-state index in [-0.39, 0.29) is 35.5 Å². The second-order valence-corrected chi connectivity index (χ2v) is 12.5. The highest BCUT2D eigenvalue weighted by molar-refractivity contribution is 5.88. The Labute approximate surface area is 251 Å². The van der Waals surface area contributed by atoms with E-state index in [1.165, 1.54) is 6.92 Å². The van der Waals surface area contributed by atoms with Gasteiger partial charge < -0.3 is 33.9 Å². The van der Waals surface area contributed by atoms with Crippen molar-refractivity contribution in [3.05, 3.63) is 22.8 Å². The van der Waals surface area contributed by atoms with Gasteiger partial charge in [0.15, 0.2) is 29.5 Å². The molecule has 0 aromatic rings. The molecule has 1 saturated heterocycles. The summed E-state index contributed by atoms with van der Waals surface area (Å²) in [5.74, 6) is -5.19. The SMILES string of the molecule is CC=C(C)C(=O)OC1C(C)=C2C(C1OC(=O)CC(C)C)C(C)(OC(C)=O)CC(OC(=O)CCC)C1(O)C2OC(=O)C1(C)O. The zero-order valence-corrected chi connectivity index (χ0v) is 26.3. The molecule has 3 aliphatic rings. The first-order valence-electron chi connectivity index (χ1n) is 14.6. The van der Waals surface area contributed by atoms with Gasteiger partial charge in [0.2, 0.25) is 0 Å². The fourth-order valence-corrected chi connectivity index (χ4v) is 6.35. The Balaban J connectivity index is 2.33. The lowest BCUT2D eigenvalue weighted by molar-refractivity contribution is -0.212. The van der Waals surface area contributed by atoms with Crippen LogP contribution in [0.25, 0.3) is 0 Å². The number of hydrogen-bond donors (Lipinski definition) is 2. The van der Waals surface area contributed by atoms with Crippen LogP contribution in [0, 0.1) is 11.8 Å². The number of rotatable bonds is 9. The number of carbonyl (C=O) groups excluding carboxylic acids is 5. The molecule has 2 N–H and O–H groups in total. The zero-order chi connectivity index (χ0) is 32.7. The minimum absolute atomic E-state index is 0.0186. The average Bonchev–Trinajstić information content (AvgIpc) is 3.21. The molecule has 0 amide bonds. The van der Waals surface area contributed by atoms with Gasteiger partial charge in [0.1, 0.15) is 11.7 Å². The number of esters is 5. The molecule has 12 nitrogen and oxygen atoms in total. The van der Waals surface area contributed by atoms with Crippen LogP contribution in [0.3, 0.4) is 0 Å². The fraction of sp³-hybridized carbons (Fsp3) is 0.710. The zero-order valence-electron chi connectivity index (χ0n) is 26.3. The first-order chi connectivity index (χ1) is 19.8. The number of hydrogen-bond acceptors (Lipinski definition) is 12. The molecule has 12 heteroatoms. The van der Waals surface area contributed by atoms with Crippen LogP contribution in [0.2, 0.25) is 0 Å². The maximum Gasteiger partial charge on any atom is 0.341 e. The third kappa shape index (κ3) is 6.08. The number of ether oxygens (including phenoxy) is 5. The Morgan fingerprint density at radius 3 is 2.23 bits per heavy atom. The minimum Gasteiger partial charge on any atom is -0.459 e. The third-order valence-corrected chi connectivity index (χ3v) is 8.60. The van der Waals surface area contributed by atoms with Gasteiger partial charge in [-0.05, 0) is 58.1 Å². The molecule has 2 fully saturated rings. The van der Waals surface area contributed by atoms with E-state index in [0.717, 1.165) is 13.8 Å². The maximum absolute atomic E-state index is 13.1. The van der Waals surface area contributed by atoms with Gasteiger partial charge >= 0.3 is 29.8 Å². The van der Waals surface area contributed by atoms with Crippen molar-refractivity contribution in [1.82, 2.24) is 0 Å². The standard InChI is InChI=1S/C31H44O12/c1-10-12-20(33)39-19-14-29(8,43-18(7)32)23-22(26-31(19,38)30(9,37)28(36)42-26)17(6)24(41-27(35)16(5)11-2)25(23)40-21(34)13-15(3)4/h11,15,19,23-26,37-38H,10,12-14H2,1-9H3.